The molecular weight excluding hydrogens is 687 g/mol. The largest absolute Gasteiger partial charge is 0.748 e. The lowest BCUT2D eigenvalue weighted by Crippen LogP contribution is -2.43. The minimum absolute atomic E-state index is 0. The van der Waals surface area contributed by atoms with Crippen LogP contribution >= 0.6 is 11.8 Å². The normalized spacial score (nSPS) is 17.5. The number of unbranched alkanes of at least 4 members (excludes halogenated alkanes) is 1. The minimum Gasteiger partial charge on any atom is -0.748 e. The summed E-state index contributed by atoms with van der Waals surface area (Å²) in [5.41, 5.74) is 1.38. The maximum Gasteiger partial charge on any atom is 0.258 e. The van der Waals surface area contributed by atoms with Gasteiger partial charge in [0, 0.05) is 30.3 Å². The van der Waals surface area contributed by atoms with E-state index in [-0.39, 0.29) is 23.8 Å². The average Bonchev–Trinajstić information content (AvgIpc) is 3.16. The topological polar surface area (TPSA) is 162 Å². The number of thioether (sulfide) groups is 1. The second kappa shape index (κ2) is 17.4. The van der Waals surface area contributed by atoms with Crippen molar-refractivity contribution >= 4 is 54.9 Å². The van der Waals surface area contributed by atoms with Crippen molar-refractivity contribution in [3.05, 3.63) is 78.4 Å². The van der Waals surface area contributed by atoms with Gasteiger partial charge in [0.2, 0.25) is 5.91 Å². The van der Waals surface area contributed by atoms with E-state index in [1.165, 1.54) is 17.8 Å². The maximum absolute atomic E-state index is 14.2. The Hall–Kier alpha value is -3.59. The zero-order chi connectivity index (χ0) is 35.0. The molecule has 0 saturated heterocycles. The van der Waals surface area contributed by atoms with Crippen LogP contribution < -0.4 is 20.3 Å². The van der Waals surface area contributed by atoms with Gasteiger partial charge in [0.25, 0.3) is 5.91 Å². The zero-order valence-electron chi connectivity index (χ0n) is 27.3. The first-order chi connectivity index (χ1) is 22.8. The molecule has 0 aromatic heterocycles. The van der Waals surface area contributed by atoms with Crippen molar-refractivity contribution in [3.63, 3.8) is 0 Å². The number of hydrogen-bond donors (Lipinski definition) is 2. The van der Waals surface area contributed by atoms with Crippen LogP contribution in [-0.2, 0) is 29.5 Å². The van der Waals surface area contributed by atoms with Crippen LogP contribution in [0.1, 0.15) is 58.6 Å². The number of para-hydroxylation sites is 1. The number of anilines is 2. The van der Waals surface area contributed by atoms with Gasteiger partial charge in [-0.1, -0.05) is 82.6 Å². The minimum atomic E-state index is -4.55. The smallest absolute Gasteiger partial charge is 0.258 e. The Bertz CT molecular complexity index is 1790. The average molecular weight is 733 g/mol. The van der Waals surface area contributed by atoms with E-state index in [1.807, 2.05) is 43.5 Å². The highest BCUT2D eigenvalue weighted by molar-refractivity contribution is 7.98. The molecule has 3 aromatic rings. The summed E-state index contributed by atoms with van der Waals surface area (Å²) in [5, 5.41) is 4.98. The molecule has 1 aliphatic heterocycles. The highest BCUT2D eigenvalue weighted by Gasteiger charge is 2.42. The second-order valence-corrected chi connectivity index (χ2v) is 16.2. The summed E-state index contributed by atoms with van der Waals surface area (Å²) in [7, 11) is -8.34. The number of amides is 2. The van der Waals surface area contributed by atoms with Crippen LogP contribution in [-0.4, -0.2) is 70.7 Å². The summed E-state index contributed by atoms with van der Waals surface area (Å²) >= 11 is 1.35. The molecule has 2 atom stereocenters. The molecule has 11 nitrogen and oxygen atoms in total. The number of ether oxygens (including phenoxy) is 1. The van der Waals surface area contributed by atoms with Crippen LogP contribution in [0, 0.1) is 5.41 Å². The fraction of sp³-hybridized carbons (Fsp3) is 0.429. The van der Waals surface area contributed by atoms with Crippen molar-refractivity contribution in [3.8, 4) is 5.75 Å². The molecule has 0 aliphatic carbocycles. The van der Waals surface area contributed by atoms with Crippen molar-refractivity contribution in [2.75, 3.05) is 42.4 Å². The number of sulfone groups is 1. The van der Waals surface area contributed by atoms with Gasteiger partial charge in [-0.2, -0.15) is 0 Å². The van der Waals surface area contributed by atoms with E-state index in [4.69, 9.17) is 4.74 Å². The molecule has 0 spiro atoms. The van der Waals surface area contributed by atoms with Crippen LogP contribution in [0.15, 0.2) is 82.6 Å². The number of rotatable bonds is 15. The molecule has 268 valence electrons. The van der Waals surface area contributed by atoms with E-state index >= 15 is 0 Å². The van der Waals surface area contributed by atoms with Gasteiger partial charge < -0.3 is 24.8 Å². The third-order valence-electron chi connectivity index (χ3n) is 8.45. The van der Waals surface area contributed by atoms with Crippen LogP contribution in [0.25, 0.3) is 0 Å². The summed E-state index contributed by atoms with van der Waals surface area (Å²) in [6.45, 7) is 3.72. The van der Waals surface area contributed by atoms with Crippen molar-refractivity contribution in [1.29, 1.82) is 0 Å². The summed E-state index contributed by atoms with van der Waals surface area (Å²) in [6.07, 6.45) is 5.14. The molecule has 1 aliphatic rings. The van der Waals surface area contributed by atoms with Crippen molar-refractivity contribution < 1.29 is 35.7 Å². The molecule has 0 radical (unpaired) electrons. The van der Waals surface area contributed by atoms with Gasteiger partial charge in [-0.05, 0) is 42.9 Å². The van der Waals surface area contributed by atoms with E-state index in [9.17, 15) is 31.0 Å². The quantitative estimate of drug-likeness (QED) is 0.152. The van der Waals surface area contributed by atoms with Crippen LogP contribution in [0.5, 0.6) is 5.75 Å². The molecule has 0 saturated carbocycles. The van der Waals surface area contributed by atoms with Gasteiger partial charge in [-0.3, -0.25) is 9.59 Å². The third kappa shape index (κ3) is 10.5. The SMILES string of the molecule is C.CCCCC1(CC)CN(c2ccccc2)c2cc(SC)c(OCC(=O)N[C@H](C(=O)NCCS(=O)(=O)[O-])c3ccccc3)cc2S(=O)(=O)C1. The van der Waals surface area contributed by atoms with Gasteiger partial charge in [0.05, 0.1) is 37.1 Å². The lowest BCUT2D eigenvalue weighted by molar-refractivity contribution is -0.130. The number of carbonyl (C=O) groups is 2. The van der Waals surface area contributed by atoms with Gasteiger partial charge in [0.15, 0.2) is 16.4 Å². The molecule has 2 amide bonds. The van der Waals surface area contributed by atoms with Gasteiger partial charge >= 0.3 is 0 Å². The van der Waals surface area contributed by atoms with Crippen LogP contribution in [0.4, 0.5) is 11.4 Å². The van der Waals surface area contributed by atoms with Crippen molar-refractivity contribution in [1.82, 2.24) is 10.6 Å². The van der Waals surface area contributed by atoms with Gasteiger partial charge in [-0.15, -0.1) is 11.8 Å². The summed E-state index contributed by atoms with van der Waals surface area (Å²) in [4.78, 5) is 29.0. The predicted molar refractivity (Wildman–Crippen MR) is 193 cm³/mol. The monoisotopic (exact) mass is 732 g/mol. The van der Waals surface area contributed by atoms with Crippen molar-refractivity contribution in [2.24, 2.45) is 5.41 Å². The van der Waals surface area contributed by atoms with Gasteiger partial charge in [-0.25, -0.2) is 16.8 Å². The lowest BCUT2D eigenvalue weighted by Gasteiger charge is -2.36. The van der Waals surface area contributed by atoms with E-state index in [0.29, 0.717) is 29.1 Å². The van der Waals surface area contributed by atoms with Crippen molar-refractivity contribution in [2.45, 2.75) is 62.8 Å². The summed E-state index contributed by atoms with van der Waals surface area (Å²) in [5.74, 6) is -1.98. The Morgan fingerprint density at radius 1 is 1.06 bits per heavy atom. The number of carbonyl (C=O) groups excluding carboxylic acids is 2. The molecule has 1 unspecified atom stereocenters. The first-order valence-corrected chi connectivity index (χ1v) is 20.2. The Kier molecular flexibility index (Phi) is 14.1. The molecule has 0 fully saturated rings. The number of fused-ring (bicyclic) bond motifs is 1. The van der Waals surface area contributed by atoms with E-state index in [2.05, 4.69) is 22.5 Å². The molecule has 49 heavy (non-hydrogen) atoms. The highest BCUT2D eigenvalue weighted by Crippen LogP contribution is 2.47. The second-order valence-electron chi connectivity index (χ2n) is 11.9. The number of nitrogens with zero attached hydrogens (tertiary/aromatic N) is 1. The summed E-state index contributed by atoms with van der Waals surface area (Å²) < 4.78 is 67.2. The fourth-order valence-electron chi connectivity index (χ4n) is 5.83. The van der Waals surface area contributed by atoms with E-state index in [1.54, 1.807) is 36.4 Å². The summed E-state index contributed by atoms with van der Waals surface area (Å²) in [6, 6.07) is 20.1. The molecular formula is C35H46N3O8S3-. The van der Waals surface area contributed by atoms with E-state index < -0.39 is 62.1 Å². The molecule has 3 aromatic carbocycles. The Morgan fingerprint density at radius 2 is 1.71 bits per heavy atom. The molecule has 1 heterocycles. The first-order valence-electron chi connectivity index (χ1n) is 15.8. The maximum atomic E-state index is 14.2. The highest BCUT2D eigenvalue weighted by atomic mass is 32.2. The number of nitrogens with one attached hydrogen (secondary N) is 2. The first kappa shape index (κ1) is 39.8. The predicted octanol–water partition coefficient (Wildman–Crippen LogP) is 5.45. The number of benzene rings is 3. The Morgan fingerprint density at radius 3 is 2.31 bits per heavy atom. The van der Waals surface area contributed by atoms with Crippen LogP contribution in [0.2, 0.25) is 0 Å². The Labute approximate surface area is 294 Å². The molecule has 14 heteroatoms. The Balaban J connectivity index is 0.00000650. The van der Waals surface area contributed by atoms with Crippen LogP contribution in [0.3, 0.4) is 0 Å². The standard InChI is InChI=1S/C34H43N3O8S3.CH4/c1-4-6-17-34(5-2)23-37(26-15-11-8-12-16-26)27-20-29(46-3)28(21-30(27)47(40,41)24-34)45-22-31(38)36-32(25-13-9-7-10-14-25)33(39)35-18-19-48(42,43)44;/h7-16,20-21,32H,4-6,17-19,22-24H2,1-3H3,(H,35,39)(H,36,38)(H,42,43,44);1H4/p-1/t32-,34?;/m0./s1. The molecule has 4 rings (SSSR count). The third-order valence-corrected chi connectivity index (χ3v) is 11.9. The van der Waals surface area contributed by atoms with Gasteiger partial charge in [0.1, 0.15) is 11.8 Å². The molecule has 2 N–H and O–H groups in total. The molecule has 0 bridgehead atoms. The fourth-order valence-corrected chi connectivity index (χ4v) is 8.91. The zero-order valence-corrected chi connectivity index (χ0v) is 29.8. The lowest BCUT2D eigenvalue weighted by atomic mass is 9.81. The number of hydrogen-bond acceptors (Lipinski definition) is 10. The van der Waals surface area contributed by atoms with E-state index in [0.717, 1.165) is 24.9 Å².